The van der Waals surface area contributed by atoms with E-state index < -0.39 is 0 Å². The average Bonchev–Trinajstić information content (AvgIpc) is 2.39. The Hall–Kier alpha value is -0.150. The maximum Gasteiger partial charge on any atom is 0.315 e. The smallest absolute Gasteiger partial charge is 0.315 e. The van der Waals surface area contributed by atoms with Crippen LogP contribution in [-0.2, 0) is 0 Å². The minimum Gasteiger partial charge on any atom is -0.333 e. The predicted molar refractivity (Wildman–Crippen MR) is 104 cm³/mol. The topological polar surface area (TPSA) is 41.1 Å². The number of rotatable bonds is 2. The minimum absolute atomic E-state index is 0.0504. The van der Waals surface area contributed by atoms with Crippen LogP contribution in [-0.4, -0.2) is 26.9 Å². The molecule has 8 bridgehead atoms. The van der Waals surface area contributed by atoms with Gasteiger partial charge in [0.05, 0.1) is 0 Å². The van der Waals surface area contributed by atoms with Gasteiger partial charge in [-0.2, -0.15) is 0 Å². The molecule has 8 saturated carbocycles. The molecule has 0 heterocycles. The number of alkyl halides is 2. The van der Waals surface area contributed by atoms with E-state index in [1.165, 1.54) is 12.8 Å². The van der Waals surface area contributed by atoms with E-state index in [9.17, 15) is 4.79 Å². The van der Waals surface area contributed by atoms with E-state index in [4.69, 9.17) is 23.2 Å². The summed E-state index contributed by atoms with van der Waals surface area (Å²) >= 11 is 13.9. The zero-order chi connectivity index (χ0) is 17.8. The molecule has 8 aliphatic carbocycles. The molecule has 8 aliphatic rings. The zero-order valence-corrected chi connectivity index (χ0v) is 17.0. The third kappa shape index (κ3) is 2.55. The molecule has 0 aromatic carbocycles. The molecule has 4 atom stereocenters. The van der Waals surface area contributed by atoms with E-state index in [1.807, 2.05) is 0 Å². The van der Waals surface area contributed by atoms with Crippen molar-refractivity contribution in [2.75, 3.05) is 0 Å². The van der Waals surface area contributed by atoms with Gasteiger partial charge < -0.3 is 10.6 Å². The van der Waals surface area contributed by atoms with E-state index in [-0.39, 0.29) is 26.9 Å². The molecule has 144 valence electrons. The van der Waals surface area contributed by atoms with Crippen molar-refractivity contribution < 1.29 is 4.79 Å². The molecule has 8 rings (SSSR count). The lowest BCUT2D eigenvalue weighted by atomic mass is 9.52. The van der Waals surface area contributed by atoms with Gasteiger partial charge in [-0.3, -0.25) is 0 Å². The van der Waals surface area contributed by atoms with Crippen molar-refractivity contribution in [2.24, 2.45) is 23.7 Å². The fraction of sp³-hybridized carbons (Fsp3) is 0.952. The highest BCUT2D eigenvalue weighted by Crippen LogP contribution is 2.61. The van der Waals surface area contributed by atoms with Crippen molar-refractivity contribution in [3.05, 3.63) is 0 Å². The van der Waals surface area contributed by atoms with E-state index in [0.29, 0.717) is 23.7 Å². The summed E-state index contributed by atoms with van der Waals surface area (Å²) in [6, 6.07) is 0.0504. The van der Waals surface area contributed by atoms with Gasteiger partial charge in [0.15, 0.2) is 0 Å². The summed E-state index contributed by atoms with van der Waals surface area (Å²) in [5.41, 5.74) is -0.117. The molecule has 5 heteroatoms. The minimum atomic E-state index is -0.0587. The first kappa shape index (κ1) is 16.8. The molecule has 0 aromatic heterocycles. The van der Waals surface area contributed by atoms with Gasteiger partial charge >= 0.3 is 6.03 Å². The summed E-state index contributed by atoms with van der Waals surface area (Å²) in [4.78, 5) is 13.0. The highest BCUT2D eigenvalue weighted by atomic mass is 35.5. The van der Waals surface area contributed by atoms with Crippen molar-refractivity contribution in [2.45, 2.75) is 97.9 Å². The van der Waals surface area contributed by atoms with Crippen molar-refractivity contribution in [1.82, 2.24) is 10.6 Å². The second kappa shape index (κ2) is 5.06. The molecule has 4 unspecified atom stereocenters. The Morgan fingerprint density at radius 1 is 0.654 bits per heavy atom. The summed E-state index contributed by atoms with van der Waals surface area (Å²) in [5, 5.41) is 6.92. The number of urea groups is 1. The second-order valence-corrected chi connectivity index (χ2v) is 13.0. The van der Waals surface area contributed by atoms with Crippen molar-refractivity contribution in [1.29, 1.82) is 0 Å². The first-order valence-electron chi connectivity index (χ1n) is 10.7. The number of carbonyl (C=O) groups excluding carboxylic acids is 1. The standard InChI is InChI=1S/C21H30Cl2N2O/c22-18-3-13-1-14(4-18)8-20(7-13,11-18)24-17(26)25-21-9-15-2-16(10-21)6-19(23,5-15)12-21/h13-16H,1-12H2,(H2,24,25,26). The number of halogens is 2. The lowest BCUT2D eigenvalue weighted by Crippen LogP contribution is -2.69. The summed E-state index contributed by atoms with van der Waals surface area (Å²) in [7, 11) is 0. The zero-order valence-electron chi connectivity index (χ0n) is 15.5. The Morgan fingerprint density at radius 3 is 1.31 bits per heavy atom. The Labute approximate surface area is 166 Å². The van der Waals surface area contributed by atoms with Crippen LogP contribution >= 0.6 is 23.2 Å². The lowest BCUT2D eigenvalue weighted by Gasteiger charge is -2.61. The SMILES string of the molecule is O=C(NC12CC3CC(CC(Cl)(C3)C1)C2)NC12CC3CC(CC(Cl)(C3)C1)C2. The first-order chi connectivity index (χ1) is 12.2. The van der Waals surface area contributed by atoms with Gasteiger partial charge in [-0.05, 0) is 101 Å². The van der Waals surface area contributed by atoms with Crippen LogP contribution in [0.25, 0.3) is 0 Å². The Balaban J connectivity index is 1.19. The molecule has 0 radical (unpaired) electrons. The second-order valence-electron chi connectivity index (χ2n) is 11.4. The monoisotopic (exact) mass is 396 g/mol. The fourth-order valence-corrected chi connectivity index (χ4v) is 10.5. The molecular weight excluding hydrogens is 367 g/mol. The molecule has 0 aliphatic heterocycles. The lowest BCUT2D eigenvalue weighted by molar-refractivity contribution is -0.0110. The van der Waals surface area contributed by atoms with Gasteiger partial charge in [0.1, 0.15) is 0 Å². The molecular formula is C21H30Cl2N2O. The number of amides is 2. The third-order valence-electron chi connectivity index (χ3n) is 8.74. The van der Waals surface area contributed by atoms with E-state index >= 15 is 0 Å². The Kier molecular flexibility index (Phi) is 3.26. The normalized spacial score (nSPS) is 58.8. The summed E-state index contributed by atoms with van der Waals surface area (Å²) < 4.78 is 0. The van der Waals surface area contributed by atoms with Crippen LogP contribution in [0.1, 0.15) is 77.0 Å². The molecule has 3 nitrogen and oxygen atoms in total. The molecule has 0 saturated heterocycles. The predicted octanol–water partition coefficient (Wildman–Crippen LogP) is 4.95. The number of nitrogens with one attached hydrogen (secondary N) is 2. The van der Waals surface area contributed by atoms with Gasteiger partial charge in [-0.1, -0.05) is 0 Å². The molecule has 0 aromatic rings. The highest BCUT2D eigenvalue weighted by molar-refractivity contribution is 6.24. The summed E-state index contributed by atoms with van der Waals surface area (Å²) in [6.45, 7) is 0. The van der Waals surface area contributed by atoms with Crippen LogP contribution in [0.3, 0.4) is 0 Å². The molecule has 26 heavy (non-hydrogen) atoms. The summed E-state index contributed by atoms with van der Waals surface area (Å²) in [5.74, 6) is 2.83. The third-order valence-corrected chi connectivity index (χ3v) is 9.62. The van der Waals surface area contributed by atoms with Crippen LogP contribution in [0, 0.1) is 23.7 Å². The Bertz CT molecular complexity index is 582. The van der Waals surface area contributed by atoms with Gasteiger partial charge in [-0.25, -0.2) is 4.79 Å². The Morgan fingerprint density at radius 2 is 1.00 bits per heavy atom. The number of hydrogen-bond acceptors (Lipinski definition) is 1. The van der Waals surface area contributed by atoms with Crippen LogP contribution in [0.5, 0.6) is 0 Å². The van der Waals surface area contributed by atoms with Crippen LogP contribution in [0.2, 0.25) is 0 Å². The average molecular weight is 397 g/mol. The van der Waals surface area contributed by atoms with Crippen molar-refractivity contribution in [3.8, 4) is 0 Å². The van der Waals surface area contributed by atoms with E-state index in [1.54, 1.807) is 0 Å². The van der Waals surface area contributed by atoms with E-state index in [2.05, 4.69) is 10.6 Å². The fourth-order valence-electron chi connectivity index (χ4n) is 9.11. The summed E-state index contributed by atoms with van der Waals surface area (Å²) in [6.07, 6.45) is 13.7. The number of hydrogen-bond donors (Lipinski definition) is 2. The maximum absolute atomic E-state index is 13.1. The van der Waals surface area contributed by atoms with Crippen LogP contribution in [0.4, 0.5) is 4.79 Å². The molecule has 2 N–H and O–H groups in total. The maximum atomic E-state index is 13.1. The van der Waals surface area contributed by atoms with Gasteiger partial charge in [-0.15, -0.1) is 23.2 Å². The molecule has 2 amide bonds. The van der Waals surface area contributed by atoms with Gasteiger partial charge in [0, 0.05) is 20.8 Å². The van der Waals surface area contributed by atoms with Gasteiger partial charge in [0.2, 0.25) is 0 Å². The highest BCUT2D eigenvalue weighted by Gasteiger charge is 2.60. The molecule has 0 spiro atoms. The van der Waals surface area contributed by atoms with E-state index in [0.717, 1.165) is 64.2 Å². The largest absolute Gasteiger partial charge is 0.333 e. The quantitative estimate of drug-likeness (QED) is 0.637. The van der Waals surface area contributed by atoms with Crippen molar-refractivity contribution in [3.63, 3.8) is 0 Å². The van der Waals surface area contributed by atoms with Crippen LogP contribution < -0.4 is 10.6 Å². The van der Waals surface area contributed by atoms with Gasteiger partial charge in [0.25, 0.3) is 0 Å². The van der Waals surface area contributed by atoms with Crippen molar-refractivity contribution >= 4 is 29.2 Å². The first-order valence-corrected chi connectivity index (χ1v) is 11.5. The molecule has 8 fully saturated rings. The van der Waals surface area contributed by atoms with Crippen LogP contribution in [0.15, 0.2) is 0 Å². The number of carbonyl (C=O) groups is 1.